The second-order valence-electron chi connectivity index (χ2n) is 5.41. The Kier molecular flexibility index (Phi) is 9.00. The molecule has 0 bridgehead atoms. The summed E-state index contributed by atoms with van der Waals surface area (Å²) in [6, 6.07) is 3.49. The summed E-state index contributed by atoms with van der Waals surface area (Å²) in [5.74, 6) is 0.913. The van der Waals surface area contributed by atoms with E-state index < -0.39 is 10.0 Å². The van der Waals surface area contributed by atoms with Crippen molar-refractivity contribution < 1.29 is 13.2 Å². The van der Waals surface area contributed by atoms with Gasteiger partial charge in [0.05, 0.1) is 12.0 Å². The molecule has 0 saturated heterocycles. The van der Waals surface area contributed by atoms with Gasteiger partial charge in [0, 0.05) is 6.54 Å². The number of rotatable bonds is 8. The quantitative estimate of drug-likeness (QED) is 0.706. The molecule has 0 amide bonds. The molecule has 0 spiro atoms. The van der Waals surface area contributed by atoms with Gasteiger partial charge in [0.2, 0.25) is 10.0 Å². The number of sulfonamides is 1. The number of halogens is 1. The van der Waals surface area contributed by atoms with Gasteiger partial charge in [-0.15, -0.1) is 12.4 Å². The molecule has 0 heterocycles. The SMILES string of the molecule is COc1cc(C)c(S(=O)(=O)NCCCCN)cc1C(C)C.Cl. The van der Waals surface area contributed by atoms with Gasteiger partial charge in [0.25, 0.3) is 0 Å². The maximum atomic E-state index is 12.4. The van der Waals surface area contributed by atoms with E-state index in [0.29, 0.717) is 23.5 Å². The Morgan fingerprint density at radius 3 is 2.41 bits per heavy atom. The molecule has 0 aliphatic rings. The summed E-state index contributed by atoms with van der Waals surface area (Å²) < 4.78 is 32.8. The fourth-order valence-corrected chi connectivity index (χ4v) is 3.48. The number of unbranched alkanes of at least 4 members (excludes halogenated alkanes) is 1. The van der Waals surface area contributed by atoms with Crippen LogP contribution in [0, 0.1) is 6.92 Å². The third-order valence-electron chi connectivity index (χ3n) is 3.36. The average molecular weight is 351 g/mol. The highest BCUT2D eigenvalue weighted by Gasteiger charge is 2.20. The zero-order chi connectivity index (χ0) is 16.0. The van der Waals surface area contributed by atoms with Gasteiger partial charge in [0.15, 0.2) is 0 Å². The van der Waals surface area contributed by atoms with Crippen LogP contribution in [0.15, 0.2) is 17.0 Å². The monoisotopic (exact) mass is 350 g/mol. The molecular weight excluding hydrogens is 324 g/mol. The summed E-state index contributed by atoms with van der Waals surface area (Å²) in [5.41, 5.74) is 6.98. The average Bonchev–Trinajstić information content (AvgIpc) is 2.42. The Hall–Kier alpha value is -0.820. The smallest absolute Gasteiger partial charge is 0.240 e. The summed E-state index contributed by atoms with van der Waals surface area (Å²) in [4.78, 5) is 0.319. The van der Waals surface area contributed by atoms with Crippen molar-refractivity contribution >= 4 is 22.4 Å². The molecule has 0 aliphatic carbocycles. The van der Waals surface area contributed by atoms with Crippen LogP contribution in [0.5, 0.6) is 5.75 Å². The first-order chi connectivity index (χ1) is 9.83. The molecule has 128 valence electrons. The predicted molar refractivity (Wildman–Crippen MR) is 92.5 cm³/mol. The van der Waals surface area contributed by atoms with Crippen LogP contribution >= 0.6 is 12.4 Å². The van der Waals surface area contributed by atoms with E-state index in [4.69, 9.17) is 10.5 Å². The van der Waals surface area contributed by atoms with Crippen LogP contribution in [0.25, 0.3) is 0 Å². The van der Waals surface area contributed by atoms with Crippen LogP contribution in [0.1, 0.15) is 43.7 Å². The first-order valence-corrected chi connectivity index (χ1v) is 8.70. The molecule has 1 aromatic carbocycles. The summed E-state index contributed by atoms with van der Waals surface area (Å²) in [6.07, 6.45) is 1.54. The zero-order valence-corrected chi connectivity index (χ0v) is 15.3. The lowest BCUT2D eigenvalue weighted by atomic mass is 10.0. The molecule has 0 atom stereocenters. The highest BCUT2D eigenvalue weighted by molar-refractivity contribution is 7.89. The van der Waals surface area contributed by atoms with Gasteiger partial charge < -0.3 is 10.5 Å². The van der Waals surface area contributed by atoms with E-state index in [9.17, 15) is 8.42 Å². The molecule has 0 saturated carbocycles. The maximum absolute atomic E-state index is 12.4. The molecular formula is C15H27ClN2O3S. The normalized spacial score (nSPS) is 11.4. The first-order valence-electron chi connectivity index (χ1n) is 7.21. The molecule has 5 nitrogen and oxygen atoms in total. The van der Waals surface area contributed by atoms with Crippen LogP contribution in [-0.2, 0) is 10.0 Å². The molecule has 0 unspecified atom stereocenters. The number of benzene rings is 1. The Labute approximate surface area is 140 Å². The molecule has 0 fully saturated rings. The third-order valence-corrected chi connectivity index (χ3v) is 4.96. The fraction of sp³-hybridized carbons (Fsp3) is 0.600. The van der Waals surface area contributed by atoms with Crippen molar-refractivity contribution in [2.45, 2.75) is 44.4 Å². The minimum absolute atomic E-state index is 0. The molecule has 0 aliphatic heterocycles. The van der Waals surface area contributed by atoms with Crippen LogP contribution in [0.3, 0.4) is 0 Å². The third kappa shape index (κ3) is 5.43. The topological polar surface area (TPSA) is 81.4 Å². The molecule has 1 aromatic rings. The van der Waals surface area contributed by atoms with Crippen molar-refractivity contribution in [1.82, 2.24) is 4.72 Å². The fourth-order valence-electron chi connectivity index (χ4n) is 2.15. The number of hydrogen-bond donors (Lipinski definition) is 2. The van der Waals surface area contributed by atoms with Crippen LogP contribution in [-0.4, -0.2) is 28.6 Å². The molecule has 0 aromatic heterocycles. The van der Waals surface area contributed by atoms with Gasteiger partial charge >= 0.3 is 0 Å². The van der Waals surface area contributed by atoms with E-state index >= 15 is 0 Å². The number of nitrogens with two attached hydrogens (primary N) is 1. The second kappa shape index (κ2) is 9.35. The zero-order valence-electron chi connectivity index (χ0n) is 13.7. The predicted octanol–water partition coefficient (Wildman–Crippen LogP) is 2.57. The number of methoxy groups -OCH3 is 1. The number of nitrogens with one attached hydrogen (secondary N) is 1. The van der Waals surface area contributed by atoms with E-state index in [1.54, 1.807) is 26.2 Å². The lowest BCUT2D eigenvalue weighted by molar-refractivity contribution is 0.406. The lowest BCUT2D eigenvalue weighted by Gasteiger charge is -2.16. The summed E-state index contributed by atoms with van der Waals surface area (Å²) in [6.45, 7) is 6.78. The van der Waals surface area contributed by atoms with Crippen molar-refractivity contribution in [3.63, 3.8) is 0 Å². The van der Waals surface area contributed by atoms with Crippen molar-refractivity contribution in [1.29, 1.82) is 0 Å². The number of aryl methyl sites for hydroxylation is 1. The maximum Gasteiger partial charge on any atom is 0.240 e. The molecule has 1 rings (SSSR count). The minimum Gasteiger partial charge on any atom is -0.496 e. The summed E-state index contributed by atoms with van der Waals surface area (Å²) in [7, 11) is -1.90. The number of hydrogen-bond acceptors (Lipinski definition) is 4. The van der Waals surface area contributed by atoms with Gasteiger partial charge in [-0.25, -0.2) is 13.1 Å². The second-order valence-corrected chi connectivity index (χ2v) is 7.14. The van der Waals surface area contributed by atoms with Crippen molar-refractivity contribution in [2.24, 2.45) is 5.73 Å². The van der Waals surface area contributed by atoms with Gasteiger partial charge in [0.1, 0.15) is 5.75 Å². The summed E-state index contributed by atoms with van der Waals surface area (Å²) >= 11 is 0. The molecule has 22 heavy (non-hydrogen) atoms. The van der Waals surface area contributed by atoms with Crippen molar-refractivity contribution in [3.05, 3.63) is 23.3 Å². The van der Waals surface area contributed by atoms with Crippen molar-refractivity contribution in [3.8, 4) is 5.75 Å². The molecule has 3 N–H and O–H groups in total. The van der Waals surface area contributed by atoms with Gasteiger partial charge in [-0.1, -0.05) is 13.8 Å². The van der Waals surface area contributed by atoms with E-state index in [0.717, 1.165) is 24.2 Å². The summed E-state index contributed by atoms with van der Waals surface area (Å²) in [5, 5.41) is 0. The van der Waals surface area contributed by atoms with Crippen LogP contribution in [0.4, 0.5) is 0 Å². The largest absolute Gasteiger partial charge is 0.496 e. The Morgan fingerprint density at radius 1 is 1.27 bits per heavy atom. The van der Waals surface area contributed by atoms with E-state index in [2.05, 4.69) is 4.72 Å². The Morgan fingerprint density at radius 2 is 1.91 bits per heavy atom. The lowest BCUT2D eigenvalue weighted by Crippen LogP contribution is -2.26. The van der Waals surface area contributed by atoms with Gasteiger partial charge in [-0.05, 0) is 55.5 Å². The molecule has 7 heteroatoms. The first kappa shape index (κ1) is 21.2. The van der Waals surface area contributed by atoms with Gasteiger partial charge in [-0.2, -0.15) is 0 Å². The van der Waals surface area contributed by atoms with Crippen molar-refractivity contribution in [2.75, 3.05) is 20.2 Å². The van der Waals surface area contributed by atoms with Crippen LogP contribution in [0.2, 0.25) is 0 Å². The minimum atomic E-state index is -3.50. The van der Waals surface area contributed by atoms with E-state index in [1.807, 2.05) is 13.8 Å². The number of ether oxygens (including phenoxy) is 1. The highest BCUT2D eigenvalue weighted by Crippen LogP contribution is 2.31. The van der Waals surface area contributed by atoms with Gasteiger partial charge in [-0.3, -0.25) is 0 Å². The van der Waals surface area contributed by atoms with Crippen LogP contribution < -0.4 is 15.2 Å². The standard InChI is InChI=1S/C15H26N2O3S.ClH/c1-11(2)13-10-15(12(3)9-14(13)20-4)21(18,19)17-8-6-5-7-16;/h9-11,17H,5-8,16H2,1-4H3;1H. The highest BCUT2D eigenvalue weighted by atomic mass is 35.5. The molecule has 0 radical (unpaired) electrons. The van der Waals surface area contributed by atoms with E-state index in [-0.39, 0.29) is 18.3 Å². The van der Waals surface area contributed by atoms with E-state index in [1.165, 1.54) is 0 Å². The Balaban J connectivity index is 0.00000441. The Bertz CT molecular complexity index is 574.